The normalized spacial score (nSPS) is 42.5. The van der Waals surface area contributed by atoms with E-state index in [0.29, 0.717) is 12.8 Å². The van der Waals surface area contributed by atoms with Gasteiger partial charge in [0.05, 0.1) is 30.5 Å². The molecule has 3 fully saturated rings. The van der Waals surface area contributed by atoms with Gasteiger partial charge in [-0.15, -0.1) is 0 Å². The topological polar surface area (TPSA) is 114 Å². The Hall–Kier alpha value is -2.15. The van der Waals surface area contributed by atoms with Crippen LogP contribution >= 0.6 is 0 Å². The number of ketones is 1. The number of hydrogen-bond donors (Lipinski definition) is 2. The number of carboxylic acid groups (broad SMARTS) is 1. The summed E-state index contributed by atoms with van der Waals surface area (Å²) >= 11 is 0. The lowest BCUT2D eigenvalue weighted by atomic mass is 9.48. The Kier molecular flexibility index (Phi) is 3.95. The van der Waals surface area contributed by atoms with Crippen molar-refractivity contribution in [1.82, 2.24) is 0 Å². The summed E-state index contributed by atoms with van der Waals surface area (Å²) in [5.41, 5.74) is 0.142. The van der Waals surface area contributed by atoms with Crippen LogP contribution in [0.25, 0.3) is 0 Å². The highest BCUT2D eigenvalue weighted by Gasteiger charge is 2.62. The van der Waals surface area contributed by atoms with E-state index in [1.54, 1.807) is 6.07 Å². The SMILES string of the molecule is CC12CC(c3ccoc3)OC(=O)C1CC(=O)C1C(C(=O)O)CC(O)CC12. The Bertz CT molecular complexity index is 739. The maximum absolute atomic E-state index is 12.7. The van der Waals surface area contributed by atoms with Gasteiger partial charge in [0, 0.05) is 17.9 Å². The zero-order chi connectivity index (χ0) is 18.6. The number of ether oxygens (including phenoxy) is 1. The molecule has 1 aromatic heterocycles. The molecule has 0 bridgehead atoms. The minimum absolute atomic E-state index is 0.00841. The van der Waals surface area contributed by atoms with Gasteiger partial charge in [0.25, 0.3) is 0 Å². The molecule has 4 rings (SSSR count). The first-order valence-electron chi connectivity index (χ1n) is 8.97. The van der Waals surface area contributed by atoms with E-state index >= 15 is 0 Å². The Morgan fingerprint density at radius 2 is 2.08 bits per heavy atom. The van der Waals surface area contributed by atoms with Crippen LogP contribution < -0.4 is 0 Å². The van der Waals surface area contributed by atoms with Crippen LogP contribution in [0.15, 0.2) is 23.0 Å². The highest BCUT2D eigenvalue weighted by atomic mass is 16.5. The van der Waals surface area contributed by atoms with E-state index in [1.807, 2.05) is 6.92 Å². The molecule has 2 heterocycles. The van der Waals surface area contributed by atoms with Crippen molar-refractivity contribution in [2.45, 2.75) is 44.8 Å². The molecule has 0 radical (unpaired) electrons. The Balaban J connectivity index is 1.73. The molecule has 0 aromatic carbocycles. The molecule has 1 saturated heterocycles. The minimum Gasteiger partial charge on any atom is -0.481 e. The molecule has 1 aliphatic heterocycles. The summed E-state index contributed by atoms with van der Waals surface area (Å²) < 4.78 is 10.7. The fraction of sp³-hybridized carbons (Fsp3) is 0.632. The summed E-state index contributed by atoms with van der Waals surface area (Å²) in [5.74, 6) is -4.20. The van der Waals surface area contributed by atoms with Crippen LogP contribution in [0.2, 0.25) is 0 Å². The summed E-state index contributed by atoms with van der Waals surface area (Å²) in [5, 5.41) is 19.8. The molecule has 7 atom stereocenters. The number of hydrogen-bond acceptors (Lipinski definition) is 6. The van der Waals surface area contributed by atoms with Crippen molar-refractivity contribution in [2.75, 3.05) is 0 Å². The number of fused-ring (bicyclic) bond motifs is 3. The number of furan rings is 1. The molecule has 26 heavy (non-hydrogen) atoms. The molecule has 7 unspecified atom stereocenters. The number of carbonyl (C=O) groups excluding carboxylic acids is 2. The molecule has 2 saturated carbocycles. The quantitative estimate of drug-likeness (QED) is 0.773. The maximum Gasteiger partial charge on any atom is 0.310 e. The predicted molar refractivity (Wildman–Crippen MR) is 86.7 cm³/mol. The fourth-order valence-corrected chi connectivity index (χ4v) is 5.42. The van der Waals surface area contributed by atoms with Crippen molar-refractivity contribution in [2.24, 2.45) is 29.1 Å². The lowest BCUT2D eigenvalue weighted by Crippen LogP contribution is -2.59. The first-order valence-corrected chi connectivity index (χ1v) is 8.97. The number of aliphatic hydroxyl groups excluding tert-OH is 1. The Morgan fingerprint density at radius 1 is 1.31 bits per heavy atom. The van der Waals surface area contributed by atoms with E-state index in [4.69, 9.17) is 9.15 Å². The number of aliphatic hydroxyl groups is 1. The maximum atomic E-state index is 12.7. The molecule has 7 heteroatoms. The summed E-state index contributed by atoms with van der Waals surface area (Å²) in [6, 6.07) is 1.74. The van der Waals surface area contributed by atoms with Crippen molar-refractivity contribution in [3.63, 3.8) is 0 Å². The largest absolute Gasteiger partial charge is 0.481 e. The standard InChI is InChI=1S/C19H22O7/c1-19-7-15(9-2-3-25-8-9)26-18(24)13(19)6-14(21)16-11(17(22)23)4-10(20)5-12(16)19/h2-3,8,10-13,15-16,20H,4-7H2,1H3,(H,22,23). The fourth-order valence-electron chi connectivity index (χ4n) is 5.42. The van der Waals surface area contributed by atoms with Gasteiger partial charge in [-0.1, -0.05) is 6.92 Å². The van der Waals surface area contributed by atoms with Gasteiger partial charge in [-0.25, -0.2) is 0 Å². The number of esters is 1. The van der Waals surface area contributed by atoms with Gasteiger partial charge in [-0.2, -0.15) is 0 Å². The van der Waals surface area contributed by atoms with Crippen molar-refractivity contribution in [1.29, 1.82) is 0 Å². The zero-order valence-electron chi connectivity index (χ0n) is 14.5. The van der Waals surface area contributed by atoms with E-state index < -0.39 is 47.3 Å². The molecule has 140 valence electrons. The minimum atomic E-state index is -1.06. The zero-order valence-corrected chi connectivity index (χ0v) is 14.5. The molecular weight excluding hydrogens is 340 g/mol. The van der Waals surface area contributed by atoms with Crippen molar-refractivity contribution >= 4 is 17.7 Å². The molecule has 0 spiro atoms. The van der Waals surface area contributed by atoms with E-state index in [9.17, 15) is 24.6 Å². The summed E-state index contributed by atoms with van der Waals surface area (Å²) in [7, 11) is 0. The summed E-state index contributed by atoms with van der Waals surface area (Å²) in [6.07, 6.45) is 2.67. The number of Topliss-reactive ketones (excluding diaryl/α,β-unsaturated/α-hetero) is 1. The second kappa shape index (κ2) is 5.94. The van der Waals surface area contributed by atoms with Crippen LogP contribution in [0.4, 0.5) is 0 Å². The number of carbonyl (C=O) groups is 3. The first kappa shape index (κ1) is 17.3. The summed E-state index contributed by atoms with van der Waals surface area (Å²) in [4.78, 5) is 37.1. The van der Waals surface area contributed by atoms with E-state index in [1.165, 1.54) is 12.5 Å². The average molecular weight is 362 g/mol. The molecule has 2 aliphatic carbocycles. The third-order valence-electron chi connectivity index (χ3n) is 6.74. The second-order valence-electron chi connectivity index (χ2n) is 8.12. The van der Waals surface area contributed by atoms with Crippen LogP contribution in [-0.4, -0.2) is 34.0 Å². The van der Waals surface area contributed by atoms with Crippen LogP contribution in [-0.2, 0) is 19.1 Å². The Morgan fingerprint density at radius 3 is 2.73 bits per heavy atom. The van der Waals surface area contributed by atoms with Gasteiger partial charge in [-0.05, 0) is 36.7 Å². The average Bonchev–Trinajstić information content (AvgIpc) is 3.10. The van der Waals surface area contributed by atoms with Gasteiger partial charge in [0.2, 0.25) is 0 Å². The highest BCUT2D eigenvalue weighted by molar-refractivity contribution is 5.92. The van der Waals surface area contributed by atoms with E-state index in [-0.39, 0.29) is 24.5 Å². The number of carboxylic acids is 1. The molecule has 2 N–H and O–H groups in total. The van der Waals surface area contributed by atoms with Crippen LogP contribution in [0.3, 0.4) is 0 Å². The van der Waals surface area contributed by atoms with Gasteiger partial charge in [0.1, 0.15) is 11.9 Å². The second-order valence-corrected chi connectivity index (χ2v) is 8.12. The van der Waals surface area contributed by atoms with Gasteiger partial charge < -0.3 is 19.4 Å². The van der Waals surface area contributed by atoms with Gasteiger partial charge in [-0.3, -0.25) is 14.4 Å². The van der Waals surface area contributed by atoms with Crippen molar-refractivity contribution in [3.05, 3.63) is 24.2 Å². The summed E-state index contributed by atoms with van der Waals surface area (Å²) in [6.45, 7) is 1.94. The lowest BCUT2D eigenvalue weighted by molar-refractivity contribution is -0.196. The predicted octanol–water partition coefficient (Wildman–Crippen LogP) is 1.95. The Labute approximate surface area is 150 Å². The molecule has 7 nitrogen and oxygen atoms in total. The molecular formula is C19H22O7. The smallest absolute Gasteiger partial charge is 0.310 e. The van der Waals surface area contributed by atoms with E-state index in [2.05, 4.69) is 0 Å². The number of cyclic esters (lactones) is 1. The molecule has 1 aromatic rings. The highest BCUT2D eigenvalue weighted by Crippen LogP contribution is 2.59. The van der Waals surface area contributed by atoms with E-state index in [0.717, 1.165) is 5.56 Å². The van der Waals surface area contributed by atoms with Gasteiger partial charge >= 0.3 is 11.9 Å². The monoisotopic (exact) mass is 362 g/mol. The molecule has 3 aliphatic rings. The van der Waals surface area contributed by atoms with Gasteiger partial charge in [0.15, 0.2) is 0 Å². The third kappa shape index (κ3) is 2.48. The van der Waals surface area contributed by atoms with Crippen LogP contribution in [0, 0.1) is 29.1 Å². The van der Waals surface area contributed by atoms with Crippen molar-refractivity contribution in [3.8, 4) is 0 Å². The van der Waals surface area contributed by atoms with Crippen LogP contribution in [0.5, 0.6) is 0 Å². The number of aliphatic carboxylic acids is 1. The first-order chi connectivity index (χ1) is 12.3. The van der Waals surface area contributed by atoms with Crippen LogP contribution in [0.1, 0.15) is 44.3 Å². The third-order valence-corrected chi connectivity index (χ3v) is 6.74. The number of rotatable bonds is 2. The lowest BCUT2D eigenvalue weighted by Gasteiger charge is -2.56. The molecule has 0 amide bonds. The van der Waals surface area contributed by atoms with Crippen molar-refractivity contribution < 1.29 is 33.8 Å².